The number of ether oxygens (including phenoxy) is 1. The molecule has 1 aromatic rings. The van der Waals surface area contributed by atoms with Crippen LogP contribution in [0, 0.1) is 21.3 Å². The highest BCUT2D eigenvalue weighted by Crippen LogP contribution is 2.51. The summed E-state index contributed by atoms with van der Waals surface area (Å²) in [7, 11) is 0.585. The molecule has 0 radical (unpaired) electrons. The smallest absolute Gasteiger partial charge is 0.455 e. The minimum atomic E-state index is -0.948. The molecule has 1 aliphatic carbocycles. The van der Waals surface area contributed by atoms with Crippen molar-refractivity contribution in [3.63, 3.8) is 0 Å². The lowest BCUT2D eigenvalue weighted by Gasteiger charge is -2.43. The number of aromatic hydroxyl groups is 1. The van der Waals surface area contributed by atoms with Gasteiger partial charge in [0.05, 0.1) is 28.6 Å². The molecule has 194 valence electrons. The van der Waals surface area contributed by atoms with E-state index in [1.165, 1.54) is 17.6 Å². The number of hydrogen-bond acceptors (Lipinski definition) is 6. The molecular weight excluding hydrogens is 572 g/mol. The molecule has 2 aliphatic heterocycles. The van der Waals surface area contributed by atoms with Crippen LogP contribution in [0.4, 0.5) is 0 Å². The number of phenolic OH excluding ortho intramolecular Hbond substituents is 1. The Labute approximate surface area is 227 Å². The lowest BCUT2D eigenvalue weighted by atomic mass is 9.58. The molecule has 9 heteroatoms. The van der Waals surface area contributed by atoms with Gasteiger partial charge in [-0.15, -0.1) is 0 Å². The van der Waals surface area contributed by atoms with E-state index < -0.39 is 13.0 Å². The topological polar surface area (TPSA) is 96.3 Å². The summed E-state index contributed by atoms with van der Waals surface area (Å²) in [5, 5.41) is 20.7. The maximum atomic E-state index is 13.3. The first kappa shape index (κ1) is 27.2. The van der Waals surface area contributed by atoms with Crippen molar-refractivity contribution >= 4 is 47.6 Å². The van der Waals surface area contributed by atoms with Crippen LogP contribution >= 0.6 is 22.6 Å². The number of phenols is 1. The van der Waals surface area contributed by atoms with Gasteiger partial charge in [0.2, 0.25) is 11.8 Å². The van der Waals surface area contributed by atoms with Crippen LogP contribution in [0.3, 0.4) is 0 Å². The second-order valence-electron chi connectivity index (χ2n) is 10.1. The Balaban J connectivity index is 1.57. The van der Waals surface area contributed by atoms with Crippen LogP contribution in [0.5, 0.6) is 11.5 Å². The van der Waals surface area contributed by atoms with Crippen molar-refractivity contribution < 1.29 is 29.1 Å². The van der Waals surface area contributed by atoms with Gasteiger partial charge in [-0.1, -0.05) is 31.1 Å². The molecule has 7 nitrogen and oxygen atoms in total. The van der Waals surface area contributed by atoms with E-state index >= 15 is 0 Å². The fourth-order valence-electron chi connectivity index (χ4n) is 6.16. The highest BCUT2D eigenvalue weighted by atomic mass is 127. The minimum absolute atomic E-state index is 0.0490. The van der Waals surface area contributed by atoms with Gasteiger partial charge in [0.1, 0.15) is 0 Å². The van der Waals surface area contributed by atoms with E-state index in [1.807, 2.05) is 19.1 Å². The van der Waals surface area contributed by atoms with Gasteiger partial charge in [0, 0.05) is 6.54 Å². The summed E-state index contributed by atoms with van der Waals surface area (Å²) in [4.78, 5) is 27.8. The molecule has 2 N–H and O–H groups in total. The maximum Gasteiger partial charge on any atom is 0.455 e. The number of methoxy groups -OCH3 is 1. The quantitative estimate of drug-likeness (QED) is 0.191. The third-order valence-corrected chi connectivity index (χ3v) is 8.58. The van der Waals surface area contributed by atoms with Crippen molar-refractivity contribution in [1.29, 1.82) is 0 Å². The highest BCUT2D eigenvalue weighted by molar-refractivity contribution is 14.1. The number of halogens is 1. The number of imide groups is 1. The van der Waals surface area contributed by atoms with Crippen molar-refractivity contribution in [2.75, 3.05) is 13.7 Å². The van der Waals surface area contributed by atoms with Gasteiger partial charge in [-0.25, -0.2) is 0 Å². The zero-order valence-electron chi connectivity index (χ0n) is 21.4. The maximum absolute atomic E-state index is 13.3. The van der Waals surface area contributed by atoms with Crippen molar-refractivity contribution in [3.8, 4) is 11.5 Å². The average molecular weight is 607 g/mol. The summed E-state index contributed by atoms with van der Waals surface area (Å²) in [6.07, 6.45) is 5.72. The molecule has 2 saturated heterocycles. The molecule has 4 rings (SSSR count). The van der Waals surface area contributed by atoms with Crippen molar-refractivity contribution in [3.05, 3.63) is 38.0 Å². The van der Waals surface area contributed by atoms with Crippen molar-refractivity contribution in [2.24, 2.45) is 17.8 Å². The zero-order chi connectivity index (χ0) is 26.1. The number of benzene rings is 1. The van der Waals surface area contributed by atoms with Gasteiger partial charge in [-0.05, 0) is 97.1 Å². The lowest BCUT2D eigenvalue weighted by molar-refractivity contribution is -0.140. The molecule has 36 heavy (non-hydrogen) atoms. The summed E-state index contributed by atoms with van der Waals surface area (Å²) in [5.41, 5.74) is 4.41. The van der Waals surface area contributed by atoms with Crippen LogP contribution in [0.15, 0.2) is 28.9 Å². The second kappa shape index (κ2) is 11.3. The van der Waals surface area contributed by atoms with Crippen LogP contribution in [0.25, 0.3) is 6.08 Å². The molecule has 2 fully saturated rings. The minimum Gasteiger partial charge on any atom is -0.504 e. The Morgan fingerprint density at radius 2 is 2.03 bits per heavy atom. The zero-order valence-corrected chi connectivity index (χ0v) is 23.6. The van der Waals surface area contributed by atoms with Crippen molar-refractivity contribution in [1.82, 2.24) is 4.90 Å². The van der Waals surface area contributed by atoms with Crippen LogP contribution < -0.4 is 4.74 Å². The van der Waals surface area contributed by atoms with Gasteiger partial charge in [0.25, 0.3) is 0 Å². The summed E-state index contributed by atoms with van der Waals surface area (Å²) in [6.45, 7) is 6.58. The largest absolute Gasteiger partial charge is 0.504 e. The molecule has 2 heterocycles. The Morgan fingerprint density at radius 3 is 2.69 bits per heavy atom. The third-order valence-electron chi connectivity index (χ3n) is 7.76. The number of carbonyl (C=O) groups is 2. The second-order valence-corrected chi connectivity index (χ2v) is 11.2. The first-order valence-corrected chi connectivity index (χ1v) is 13.9. The number of likely N-dealkylation sites (tertiary alicyclic amines) is 1. The lowest BCUT2D eigenvalue weighted by Crippen LogP contribution is -2.46. The van der Waals surface area contributed by atoms with E-state index in [0.29, 0.717) is 31.5 Å². The standard InChI is InChI=1S/C27H35BINO6/c1-5-9-30-26(32)18-13-17(6-2)23-19(24(18)27(30)33)14-28(34)36-21(23)8-7-15(3)10-16-11-20(29)25(31)22(12-16)35-4/h10-12,18-19,21,24,31,34H,5-9,13-14H2,1-4H3/b15-10+/t18-,19+,21-,24-/m1/s1. The Hall–Kier alpha value is -1.85. The molecular formula is C27H35BINO6. The van der Waals surface area contributed by atoms with Gasteiger partial charge in [0.15, 0.2) is 11.5 Å². The number of rotatable bonds is 8. The summed E-state index contributed by atoms with van der Waals surface area (Å²) in [5.74, 6) is -0.416. The van der Waals surface area contributed by atoms with Crippen LogP contribution in [-0.4, -0.2) is 53.7 Å². The van der Waals surface area contributed by atoms with E-state index in [0.717, 1.165) is 39.5 Å². The van der Waals surface area contributed by atoms with E-state index in [1.54, 1.807) is 0 Å². The van der Waals surface area contributed by atoms with E-state index in [4.69, 9.17) is 9.39 Å². The number of nitrogens with zero attached hydrogens (tertiary/aromatic N) is 1. The number of carbonyl (C=O) groups excluding carboxylic acids is 2. The average Bonchev–Trinajstić information content (AvgIpc) is 3.08. The Morgan fingerprint density at radius 1 is 1.28 bits per heavy atom. The summed E-state index contributed by atoms with van der Waals surface area (Å²) in [6, 6.07) is 3.71. The molecule has 0 aromatic heterocycles. The number of allylic oxidation sites excluding steroid dienone is 2. The fourth-order valence-corrected chi connectivity index (χ4v) is 6.79. The highest BCUT2D eigenvalue weighted by Gasteiger charge is 2.56. The van der Waals surface area contributed by atoms with E-state index in [-0.39, 0.29) is 35.5 Å². The fraction of sp³-hybridized carbons (Fsp3) is 0.556. The Bertz CT molecular complexity index is 1100. The number of hydrogen-bond donors (Lipinski definition) is 2. The Kier molecular flexibility index (Phi) is 8.51. The first-order valence-electron chi connectivity index (χ1n) is 12.8. The van der Waals surface area contributed by atoms with Crippen LogP contribution in [0.2, 0.25) is 6.32 Å². The molecule has 1 aromatic carbocycles. The van der Waals surface area contributed by atoms with Gasteiger partial charge < -0.3 is 19.5 Å². The monoisotopic (exact) mass is 607 g/mol. The predicted octanol–water partition coefficient (Wildman–Crippen LogP) is 4.81. The summed E-state index contributed by atoms with van der Waals surface area (Å²) >= 11 is 2.08. The molecule has 3 aliphatic rings. The third kappa shape index (κ3) is 5.11. The predicted molar refractivity (Wildman–Crippen MR) is 147 cm³/mol. The molecule has 0 bridgehead atoms. The van der Waals surface area contributed by atoms with E-state index in [2.05, 4.69) is 42.5 Å². The van der Waals surface area contributed by atoms with Gasteiger partial charge in [-0.3, -0.25) is 14.5 Å². The molecule has 4 atom stereocenters. The summed E-state index contributed by atoms with van der Waals surface area (Å²) < 4.78 is 12.0. The van der Waals surface area contributed by atoms with Crippen LogP contribution in [-0.2, 0) is 14.2 Å². The van der Waals surface area contributed by atoms with Gasteiger partial charge in [-0.2, -0.15) is 0 Å². The van der Waals surface area contributed by atoms with E-state index in [9.17, 15) is 19.7 Å². The normalized spacial score (nSPS) is 26.4. The molecule has 2 amide bonds. The SMILES string of the molecule is CCCN1C(=O)[C@@H]2[C@@H](CC(CC)=C3[C@@H](CC/C(C)=C/c4cc(I)c(O)c(OC)c4)OB(O)C[C@@H]32)C1=O. The molecule has 0 unspecified atom stereocenters. The number of fused-ring (bicyclic) bond motifs is 3. The first-order chi connectivity index (χ1) is 17.2. The van der Waals surface area contributed by atoms with Crippen LogP contribution in [0.1, 0.15) is 58.4 Å². The molecule has 0 saturated carbocycles. The number of amides is 2. The molecule has 0 spiro atoms. The van der Waals surface area contributed by atoms with Gasteiger partial charge >= 0.3 is 7.12 Å². The van der Waals surface area contributed by atoms with Crippen molar-refractivity contribution in [2.45, 2.75) is 65.3 Å².